The van der Waals surface area contributed by atoms with Gasteiger partial charge in [0.25, 0.3) is 5.91 Å². The first-order valence-corrected chi connectivity index (χ1v) is 5.47. The largest absolute Gasteiger partial charge is 0.422 e. The number of benzene rings is 1. The summed E-state index contributed by atoms with van der Waals surface area (Å²) in [6.45, 7) is 0. The molecule has 1 aliphatic heterocycles. The number of carbonyl (C=O) groups excluding carboxylic acids is 1. The number of hydrogen-bond donors (Lipinski definition) is 1. The lowest BCUT2D eigenvalue weighted by atomic mass is 10.1. The van der Waals surface area contributed by atoms with Crippen molar-refractivity contribution in [1.82, 2.24) is 14.8 Å². The van der Waals surface area contributed by atoms with Crippen LogP contribution in [0.25, 0.3) is 22.4 Å². The average Bonchev–Trinajstić information content (AvgIpc) is 2.91. The molecule has 0 radical (unpaired) electrons. The number of aromatic nitrogens is 3. The van der Waals surface area contributed by atoms with Crippen LogP contribution in [0.15, 0.2) is 38.3 Å². The summed E-state index contributed by atoms with van der Waals surface area (Å²) in [5.74, 6) is -0.558. The summed E-state index contributed by atoms with van der Waals surface area (Å²) in [5.41, 5.74) is -0.881. The number of fused-ring (bicyclic) bond motifs is 5. The second-order valence-electron chi connectivity index (χ2n) is 4.13. The van der Waals surface area contributed by atoms with Gasteiger partial charge in [0.2, 0.25) is 0 Å². The third-order valence-corrected chi connectivity index (χ3v) is 3.13. The van der Waals surface area contributed by atoms with E-state index < -0.39 is 17.2 Å². The van der Waals surface area contributed by atoms with E-state index >= 15 is 0 Å². The molecule has 0 aliphatic carbocycles. The van der Waals surface area contributed by atoms with Crippen LogP contribution in [0.2, 0.25) is 0 Å². The van der Waals surface area contributed by atoms with Crippen molar-refractivity contribution < 1.29 is 9.21 Å². The summed E-state index contributed by atoms with van der Waals surface area (Å²) in [6, 6.07) is 6.79. The lowest BCUT2D eigenvalue weighted by Gasteiger charge is -2.00. The monoisotopic (exact) mass is 255 g/mol. The molecular weight excluding hydrogens is 250 g/mol. The third kappa shape index (κ3) is 1.06. The first-order valence-electron chi connectivity index (χ1n) is 5.47. The van der Waals surface area contributed by atoms with E-state index in [0.29, 0.717) is 16.5 Å². The Morgan fingerprint density at radius 2 is 1.89 bits per heavy atom. The number of nitrogens with zero attached hydrogens (tertiary/aromatic N) is 2. The van der Waals surface area contributed by atoms with Crippen LogP contribution < -0.4 is 11.3 Å². The maximum absolute atomic E-state index is 12.1. The van der Waals surface area contributed by atoms with Crippen LogP contribution in [-0.4, -0.2) is 20.7 Å². The molecule has 3 aromatic rings. The summed E-state index contributed by atoms with van der Waals surface area (Å²) < 4.78 is 5.93. The molecule has 2 aromatic heterocycles. The summed E-state index contributed by atoms with van der Waals surface area (Å²) in [4.78, 5) is 35.5. The second-order valence-corrected chi connectivity index (χ2v) is 4.13. The molecule has 0 saturated carbocycles. The van der Waals surface area contributed by atoms with Crippen molar-refractivity contribution in [1.29, 1.82) is 0 Å². The number of hydrogen-bond acceptors (Lipinski definition) is 5. The summed E-state index contributed by atoms with van der Waals surface area (Å²) in [6.07, 6.45) is 0. The van der Waals surface area contributed by atoms with Gasteiger partial charge in [-0.05, 0) is 6.07 Å². The van der Waals surface area contributed by atoms with Gasteiger partial charge in [-0.1, -0.05) is 18.2 Å². The number of nitrogens with one attached hydrogen (secondary N) is 1. The molecule has 1 aliphatic rings. The minimum atomic E-state index is -0.761. The molecule has 0 bridgehead atoms. The van der Waals surface area contributed by atoms with Crippen LogP contribution in [0.1, 0.15) is 10.4 Å². The Bertz CT molecular complexity index is 977. The molecule has 92 valence electrons. The standard InChI is InChI=1S/C12H5N3O4/c16-10-8-7(9-13-14-12(18)15(9)10)5-3-1-2-4-6(5)19-11(8)17/h1-4H,(H,14,18). The van der Waals surface area contributed by atoms with Gasteiger partial charge in [-0.3, -0.25) is 4.79 Å². The number of H-pyrrole nitrogens is 1. The van der Waals surface area contributed by atoms with Crippen LogP contribution in [0.3, 0.4) is 0 Å². The SMILES string of the molecule is O=C1c2c(c3ccccc3oc2=O)-c2n[nH]c(=O)n21. The van der Waals surface area contributed by atoms with E-state index in [1.54, 1.807) is 24.3 Å². The van der Waals surface area contributed by atoms with Gasteiger partial charge < -0.3 is 4.42 Å². The van der Waals surface area contributed by atoms with Gasteiger partial charge in [-0.25, -0.2) is 19.3 Å². The van der Waals surface area contributed by atoms with E-state index in [4.69, 9.17) is 4.42 Å². The Kier molecular flexibility index (Phi) is 1.62. The van der Waals surface area contributed by atoms with Crippen molar-refractivity contribution in [2.45, 2.75) is 0 Å². The maximum Gasteiger partial charge on any atom is 0.350 e. The van der Waals surface area contributed by atoms with Crippen molar-refractivity contribution in [3.8, 4) is 11.4 Å². The van der Waals surface area contributed by atoms with Crippen LogP contribution in [0.5, 0.6) is 0 Å². The minimum Gasteiger partial charge on any atom is -0.422 e. The lowest BCUT2D eigenvalue weighted by molar-refractivity contribution is 0.0962. The third-order valence-electron chi connectivity index (χ3n) is 3.13. The number of aromatic amines is 1. The molecule has 1 N–H and O–H groups in total. The zero-order valence-corrected chi connectivity index (χ0v) is 9.34. The molecule has 0 saturated heterocycles. The maximum atomic E-state index is 12.1. The van der Waals surface area contributed by atoms with Gasteiger partial charge in [0.15, 0.2) is 5.82 Å². The minimum absolute atomic E-state index is 0.146. The molecule has 0 unspecified atom stereocenters. The zero-order chi connectivity index (χ0) is 13.1. The fourth-order valence-corrected chi connectivity index (χ4v) is 2.34. The molecule has 19 heavy (non-hydrogen) atoms. The Hall–Kier alpha value is -2.96. The van der Waals surface area contributed by atoms with Gasteiger partial charge in [0, 0.05) is 5.39 Å². The van der Waals surface area contributed by atoms with Gasteiger partial charge in [-0.2, -0.15) is 5.10 Å². The van der Waals surface area contributed by atoms with E-state index in [9.17, 15) is 14.4 Å². The molecule has 0 fully saturated rings. The Morgan fingerprint density at radius 3 is 2.74 bits per heavy atom. The Balaban J connectivity index is 2.32. The van der Waals surface area contributed by atoms with Gasteiger partial charge in [-0.15, -0.1) is 0 Å². The van der Waals surface area contributed by atoms with Crippen molar-refractivity contribution in [3.63, 3.8) is 0 Å². The molecular formula is C12H5N3O4. The highest BCUT2D eigenvalue weighted by Crippen LogP contribution is 2.32. The highest BCUT2D eigenvalue weighted by Gasteiger charge is 2.35. The smallest absolute Gasteiger partial charge is 0.350 e. The topological polar surface area (TPSA) is 98.0 Å². The van der Waals surface area contributed by atoms with E-state index in [1.165, 1.54) is 0 Å². The fraction of sp³-hybridized carbons (Fsp3) is 0. The summed E-state index contributed by atoms with van der Waals surface area (Å²) in [5, 5.41) is 6.57. The molecule has 4 rings (SSSR count). The molecule has 0 atom stereocenters. The molecule has 7 heteroatoms. The first kappa shape index (κ1) is 10.0. The summed E-state index contributed by atoms with van der Waals surface area (Å²) in [7, 11) is 0. The molecule has 1 aromatic carbocycles. The first-order chi connectivity index (χ1) is 9.18. The van der Waals surface area contributed by atoms with Gasteiger partial charge >= 0.3 is 11.3 Å². The lowest BCUT2D eigenvalue weighted by Crippen LogP contribution is -2.25. The molecule has 3 heterocycles. The molecule has 0 spiro atoms. The van der Waals surface area contributed by atoms with Gasteiger partial charge in [0.1, 0.15) is 11.1 Å². The highest BCUT2D eigenvalue weighted by atomic mass is 16.4. The second kappa shape index (κ2) is 3.08. The summed E-state index contributed by atoms with van der Waals surface area (Å²) >= 11 is 0. The van der Waals surface area contributed by atoms with Gasteiger partial charge in [0.05, 0.1) is 5.56 Å². The van der Waals surface area contributed by atoms with Crippen molar-refractivity contribution in [2.24, 2.45) is 0 Å². The van der Waals surface area contributed by atoms with Crippen molar-refractivity contribution in [2.75, 3.05) is 0 Å². The molecule has 0 amide bonds. The fourth-order valence-electron chi connectivity index (χ4n) is 2.34. The van der Waals surface area contributed by atoms with Crippen LogP contribution in [0, 0.1) is 0 Å². The average molecular weight is 255 g/mol. The Morgan fingerprint density at radius 1 is 1.11 bits per heavy atom. The van der Waals surface area contributed by atoms with E-state index in [0.717, 1.165) is 4.57 Å². The van der Waals surface area contributed by atoms with Crippen molar-refractivity contribution in [3.05, 3.63) is 50.7 Å². The predicted molar refractivity (Wildman–Crippen MR) is 64.1 cm³/mol. The van der Waals surface area contributed by atoms with Crippen molar-refractivity contribution >= 4 is 16.9 Å². The zero-order valence-electron chi connectivity index (χ0n) is 9.34. The van der Waals surface area contributed by atoms with Crippen LogP contribution in [0.4, 0.5) is 0 Å². The quantitative estimate of drug-likeness (QED) is 0.457. The normalized spacial score (nSPS) is 12.7. The Labute approximate surface area is 104 Å². The van der Waals surface area contributed by atoms with E-state index in [2.05, 4.69) is 10.2 Å². The number of rotatable bonds is 0. The van der Waals surface area contributed by atoms with Crippen LogP contribution >= 0.6 is 0 Å². The predicted octanol–water partition coefficient (Wildman–Crippen LogP) is 0.347. The number of para-hydroxylation sites is 1. The van der Waals surface area contributed by atoms with Crippen LogP contribution in [-0.2, 0) is 0 Å². The molecule has 7 nitrogen and oxygen atoms in total. The number of carbonyl (C=O) groups is 1. The van der Waals surface area contributed by atoms with E-state index in [1.807, 2.05) is 0 Å². The van der Waals surface area contributed by atoms with E-state index in [-0.39, 0.29) is 11.4 Å². The highest BCUT2D eigenvalue weighted by molar-refractivity contribution is 6.13.